The number of anilines is 2. The minimum absolute atomic E-state index is 0.128. The van der Waals surface area contributed by atoms with Crippen LogP contribution in [-0.2, 0) is 14.4 Å². The Bertz CT molecular complexity index is 632. The lowest BCUT2D eigenvalue weighted by atomic mass is 9.99. The van der Waals surface area contributed by atoms with Gasteiger partial charge in [0.25, 0.3) is 0 Å². The summed E-state index contributed by atoms with van der Waals surface area (Å²) in [6.07, 6.45) is 3.08. The van der Waals surface area contributed by atoms with Gasteiger partial charge in [0.05, 0.1) is 0 Å². The van der Waals surface area contributed by atoms with Crippen molar-refractivity contribution in [2.24, 2.45) is 5.92 Å². The number of carbonyl (C=O) groups excluding carboxylic acids is 3. The molecule has 0 aromatic heterocycles. The Balaban J connectivity index is 1.48. The van der Waals surface area contributed by atoms with Crippen LogP contribution in [0.15, 0.2) is 24.3 Å². The average Bonchev–Trinajstić information content (AvgIpc) is 2.93. The van der Waals surface area contributed by atoms with Gasteiger partial charge in [-0.2, -0.15) is 0 Å². The molecule has 6 nitrogen and oxygen atoms in total. The molecule has 2 saturated heterocycles. The maximum Gasteiger partial charge on any atom is 0.229 e. The molecular formula is C19H25N3O3. The molecule has 2 fully saturated rings. The number of rotatable bonds is 5. The van der Waals surface area contributed by atoms with Gasteiger partial charge >= 0.3 is 0 Å². The second kappa shape index (κ2) is 7.68. The van der Waals surface area contributed by atoms with Crippen LogP contribution in [0, 0.1) is 5.92 Å². The Hall–Kier alpha value is -2.37. The number of hydrogen-bond acceptors (Lipinski definition) is 4. The summed E-state index contributed by atoms with van der Waals surface area (Å²) in [6, 6.07) is 7.85. The molecule has 0 bridgehead atoms. The highest BCUT2D eigenvalue weighted by atomic mass is 16.2. The molecule has 0 atom stereocenters. The zero-order chi connectivity index (χ0) is 17.8. The standard InChI is InChI=1S/C19H25N3O3/c1-14-8-11-21(12-9-14)16-4-2-15(3-5-16)20-17(23)10-13-22-18(24)6-7-19(22)25/h2-5,14H,6-13H2,1H3,(H,20,23). The summed E-state index contributed by atoms with van der Waals surface area (Å²) in [5, 5.41) is 2.83. The molecule has 0 saturated carbocycles. The Morgan fingerprint density at radius 3 is 2.28 bits per heavy atom. The van der Waals surface area contributed by atoms with Crippen molar-refractivity contribution in [3.63, 3.8) is 0 Å². The number of nitrogens with one attached hydrogen (secondary N) is 1. The molecule has 0 aliphatic carbocycles. The van der Waals surface area contributed by atoms with Gasteiger partial charge in [-0.3, -0.25) is 19.3 Å². The summed E-state index contributed by atoms with van der Waals surface area (Å²) >= 11 is 0. The number of piperidine rings is 1. The molecule has 0 radical (unpaired) electrons. The zero-order valence-electron chi connectivity index (χ0n) is 14.7. The van der Waals surface area contributed by atoms with E-state index in [1.165, 1.54) is 23.4 Å². The van der Waals surface area contributed by atoms with Crippen LogP contribution < -0.4 is 10.2 Å². The summed E-state index contributed by atoms with van der Waals surface area (Å²) in [5.41, 5.74) is 1.91. The van der Waals surface area contributed by atoms with Crippen LogP contribution in [0.5, 0.6) is 0 Å². The normalized spacial score (nSPS) is 18.8. The molecule has 2 aliphatic heterocycles. The maximum absolute atomic E-state index is 12.0. The first-order valence-electron chi connectivity index (χ1n) is 9.01. The van der Waals surface area contributed by atoms with Gasteiger partial charge in [-0.15, -0.1) is 0 Å². The number of likely N-dealkylation sites (tertiary alicyclic amines) is 1. The topological polar surface area (TPSA) is 69.7 Å². The third kappa shape index (κ3) is 4.38. The fourth-order valence-corrected chi connectivity index (χ4v) is 3.33. The van der Waals surface area contributed by atoms with E-state index >= 15 is 0 Å². The third-order valence-corrected chi connectivity index (χ3v) is 5.02. The smallest absolute Gasteiger partial charge is 0.229 e. The van der Waals surface area contributed by atoms with Crippen LogP contribution in [0.1, 0.15) is 39.0 Å². The average molecular weight is 343 g/mol. The van der Waals surface area contributed by atoms with E-state index in [0.29, 0.717) is 0 Å². The Morgan fingerprint density at radius 2 is 1.68 bits per heavy atom. The Kier molecular flexibility index (Phi) is 5.36. The number of nitrogens with zero attached hydrogens (tertiary/aromatic N) is 2. The van der Waals surface area contributed by atoms with Crippen molar-refractivity contribution in [3.8, 4) is 0 Å². The van der Waals surface area contributed by atoms with E-state index in [4.69, 9.17) is 0 Å². The Labute approximate surface area is 148 Å². The predicted octanol–water partition coefficient (Wildman–Crippen LogP) is 2.40. The van der Waals surface area contributed by atoms with Crippen LogP contribution in [0.3, 0.4) is 0 Å². The van der Waals surface area contributed by atoms with E-state index in [2.05, 4.69) is 17.1 Å². The Morgan fingerprint density at radius 1 is 1.08 bits per heavy atom. The van der Waals surface area contributed by atoms with Gasteiger partial charge in [-0.05, 0) is 43.0 Å². The first-order chi connectivity index (χ1) is 12.0. The predicted molar refractivity (Wildman–Crippen MR) is 96.3 cm³/mol. The molecule has 0 unspecified atom stereocenters. The lowest BCUT2D eigenvalue weighted by Crippen LogP contribution is -2.32. The summed E-state index contributed by atoms with van der Waals surface area (Å²) in [5.74, 6) is 0.243. The van der Waals surface area contributed by atoms with Gasteiger partial charge < -0.3 is 10.2 Å². The summed E-state index contributed by atoms with van der Waals surface area (Å²) in [4.78, 5) is 38.7. The van der Waals surface area contributed by atoms with Crippen LogP contribution in [0.2, 0.25) is 0 Å². The molecule has 134 valence electrons. The van der Waals surface area contributed by atoms with Crippen molar-refractivity contribution in [1.29, 1.82) is 0 Å². The number of imide groups is 1. The monoisotopic (exact) mass is 343 g/mol. The maximum atomic E-state index is 12.0. The fraction of sp³-hybridized carbons (Fsp3) is 0.526. The molecule has 1 aromatic carbocycles. The quantitative estimate of drug-likeness (QED) is 0.834. The highest BCUT2D eigenvalue weighted by molar-refractivity contribution is 6.02. The molecule has 0 spiro atoms. The molecule has 6 heteroatoms. The molecule has 3 rings (SSSR count). The van der Waals surface area contributed by atoms with Crippen LogP contribution in [0.25, 0.3) is 0 Å². The number of hydrogen-bond donors (Lipinski definition) is 1. The van der Waals surface area contributed by atoms with Crippen molar-refractivity contribution in [3.05, 3.63) is 24.3 Å². The van der Waals surface area contributed by atoms with Gasteiger partial charge in [0.1, 0.15) is 0 Å². The molecule has 3 amide bonds. The van der Waals surface area contributed by atoms with Crippen molar-refractivity contribution in [2.75, 3.05) is 29.9 Å². The SMILES string of the molecule is CC1CCN(c2ccc(NC(=O)CCN3C(=O)CCC3=O)cc2)CC1. The lowest BCUT2D eigenvalue weighted by molar-refractivity contribution is -0.138. The number of amides is 3. The molecule has 2 heterocycles. The minimum Gasteiger partial charge on any atom is -0.372 e. The second-order valence-electron chi connectivity index (χ2n) is 6.95. The van der Waals surface area contributed by atoms with Crippen molar-refractivity contribution in [2.45, 2.75) is 39.0 Å². The van der Waals surface area contributed by atoms with Crippen molar-refractivity contribution < 1.29 is 14.4 Å². The molecule has 2 aliphatic rings. The van der Waals surface area contributed by atoms with Gasteiger partial charge in [0.2, 0.25) is 17.7 Å². The fourth-order valence-electron chi connectivity index (χ4n) is 3.33. The third-order valence-electron chi connectivity index (χ3n) is 5.02. The van der Waals surface area contributed by atoms with Gasteiger partial charge in [0.15, 0.2) is 0 Å². The second-order valence-corrected chi connectivity index (χ2v) is 6.95. The van der Waals surface area contributed by atoms with Gasteiger partial charge in [-0.1, -0.05) is 6.92 Å². The van der Waals surface area contributed by atoms with Gasteiger partial charge in [0, 0.05) is 50.3 Å². The first kappa shape index (κ1) is 17.5. The van der Waals surface area contributed by atoms with Crippen molar-refractivity contribution >= 4 is 29.1 Å². The highest BCUT2D eigenvalue weighted by Gasteiger charge is 2.28. The van der Waals surface area contributed by atoms with Gasteiger partial charge in [-0.25, -0.2) is 0 Å². The highest BCUT2D eigenvalue weighted by Crippen LogP contribution is 2.24. The van der Waals surface area contributed by atoms with Crippen LogP contribution in [-0.4, -0.2) is 42.3 Å². The summed E-state index contributed by atoms with van der Waals surface area (Å²) in [7, 11) is 0. The van der Waals surface area contributed by atoms with Crippen LogP contribution >= 0.6 is 0 Å². The largest absolute Gasteiger partial charge is 0.372 e. The molecule has 1 aromatic rings. The van der Waals surface area contributed by atoms with E-state index in [9.17, 15) is 14.4 Å². The van der Waals surface area contributed by atoms with E-state index < -0.39 is 0 Å². The zero-order valence-corrected chi connectivity index (χ0v) is 14.7. The molecular weight excluding hydrogens is 318 g/mol. The lowest BCUT2D eigenvalue weighted by Gasteiger charge is -2.32. The van der Waals surface area contributed by atoms with Crippen LogP contribution in [0.4, 0.5) is 11.4 Å². The van der Waals surface area contributed by atoms with E-state index in [1.54, 1.807) is 0 Å². The summed E-state index contributed by atoms with van der Waals surface area (Å²) < 4.78 is 0. The van der Waals surface area contributed by atoms with E-state index in [0.717, 1.165) is 24.7 Å². The van der Waals surface area contributed by atoms with Crippen molar-refractivity contribution in [1.82, 2.24) is 4.90 Å². The number of carbonyl (C=O) groups is 3. The number of benzene rings is 1. The molecule has 1 N–H and O–H groups in total. The molecule has 25 heavy (non-hydrogen) atoms. The first-order valence-corrected chi connectivity index (χ1v) is 9.01. The van der Waals surface area contributed by atoms with E-state index in [1.807, 2.05) is 24.3 Å². The van der Waals surface area contributed by atoms with E-state index in [-0.39, 0.29) is 43.5 Å². The summed E-state index contributed by atoms with van der Waals surface area (Å²) in [6.45, 7) is 4.60. The minimum atomic E-state index is -0.188.